The third-order valence-electron chi connectivity index (χ3n) is 5.62. The molecule has 0 amide bonds. The Bertz CT molecular complexity index is 1760. The normalized spacial score (nSPS) is 11.5. The highest BCUT2D eigenvalue weighted by molar-refractivity contribution is 6.07. The largest absolute Gasteiger partial charge is 0.459 e. The van der Waals surface area contributed by atoms with Crippen LogP contribution in [0.5, 0.6) is 0 Å². The van der Waals surface area contributed by atoms with E-state index >= 15 is 0 Å². The van der Waals surface area contributed by atoms with Crippen molar-refractivity contribution in [3.63, 3.8) is 0 Å². The van der Waals surface area contributed by atoms with Crippen LogP contribution < -0.4 is 16.9 Å². The quantitative estimate of drug-likeness (QED) is 0.233. The molecule has 3 aromatic heterocycles. The Kier molecular flexibility index (Phi) is 4.70. The fraction of sp³-hybridized carbons (Fsp3) is 0.174. The van der Waals surface area contributed by atoms with Gasteiger partial charge in [0, 0.05) is 31.1 Å². The molecule has 10 nitrogen and oxygen atoms in total. The molecule has 0 spiro atoms. The van der Waals surface area contributed by atoms with Crippen molar-refractivity contribution in [1.82, 2.24) is 18.7 Å². The molecular formula is C23H18N4O6. The zero-order valence-electron chi connectivity index (χ0n) is 17.8. The number of imidazole rings is 1. The summed E-state index contributed by atoms with van der Waals surface area (Å²) in [6.07, 6.45) is 1.31. The van der Waals surface area contributed by atoms with Gasteiger partial charge in [-0.2, -0.15) is 0 Å². The summed E-state index contributed by atoms with van der Waals surface area (Å²) in [7, 11) is 2.85. The van der Waals surface area contributed by atoms with Crippen molar-refractivity contribution >= 4 is 38.9 Å². The minimum atomic E-state index is -0.633. The number of carbonyl (C=O) groups is 1. The van der Waals surface area contributed by atoms with Gasteiger partial charge in [0.05, 0.1) is 6.33 Å². The Balaban J connectivity index is 1.47. The minimum Gasteiger partial charge on any atom is -0.459 e. The average Bonchev–Trinajstić information content (AvgIpc) is 3.23. The van der Waals surface area contributed by atoms with Gasteiger partial charge in [0.15, 0.2) is 11.2 Å². The number of fused-ring (bicyclic) bond motifs is 4. The monoisotopic (exact) mass is 446 g/mol. The number of hydrogen-bond acceptors (Lipinski definition) is 7. The number of nitrogens with zero attached hydrogens (tertiary/aromatic N) is 4. The van der Waals surface area contributed by atoms with Crippen LogP contribution in [0.3, 0.4) is 0 Å². The van der Waals surface area contributed by atoms with Gasteiger partial charge in [-0.1, -0.05) is 30.3 Å². The Morgan fingerprint density at radius 3 is 2.67 bits per heavy atom. The van der Waals surface area contributed by atoms with Gasteiger partial charge in [0.25, 0.3) is 5.56 Å². The summed E-state index contributed by atoms with van der Waals surface area (Å²) in [6.45, 7) is -0.442. The molecule has 0 aliphatic heterocycles. The number of aromatic nitrogens is 4. The molecule has 33 heavy (non-hydrogen) atoms. The third-order valence-corrected chi connectivity index (χ3v) is 5.62. The van der Waals surface area contributed by atoms with Crippen molar-refractivity contribution in [3.05, 3.63) is 85.6 Å². The Morgan fingerprint density at radius 2 is 1.85 bits per heavy atom. The number of ether oxygens (including phenoxy) is 1. The van der Waals surface area contributed by atoms with Crippen molar-refractivity contribution in [2.24, 2.45) is 14.1 Å². The summed E-state index contributed by atoms with van der Waals surface area (Å²) >= 11 is 0. The molecule has 0 saturated carbocycles. The second kappa shape index (κ2) is 7.59. The van der Waals surface area contributed by atoms with E-state index in [2.05, 4.69) is 4.98 Å². The second-order valence-electron chi connectivity index (χ2n) is 7.66. The third kappa shape index (κ3) is 3.32. The van der Waals surface area contributed by atoms with E-state index in [1.165, 1.54) is 35.6 Å². The number of esters is 1. The predicted molar refractivity (Wildman–Crippen MR) is 120 cm³/mol. The summed E-state index contributed by atoms with van der Waals surface area (Å²) < 4.78 is 14.3. The van der Waals surface area contributed by atoms with Crippen LogP contribution in [0.1, 0.15) is 5.56 Å². The van der Waals surface area contributed by atoms with Crippen molar-refractivity contribution in [3.8, 4) is 0 Å². The van der Waals surface area contributed by atoms with E-state index in [9.17, 15) is 19.2 Å². The number of benzene rings is 2. The molecule has 10 heteroatoms. The summed E-state index contributed by atoms with van der Waals surface area (Å²) in [4.78, 5) is 53.4. The highest BCUT2D eigenvalue weighted by Gasteiger charge is 2.17. The average molecular weight is 446 g/mol. The van der Waals surface area contributed by atoms with E-state index in [1.807, 2.05) is 30.3 Å². The maximum absolute atomic E-state index is 12.6. The number of aryl methyl sites for hydroxylation is 1. The highest BCUT2D eigenvalue weighted by atomic mass is 16.5. The van der Waals surface area contributed by atoms with Crippen LogP contribution in [-0.4, -0.2) is 24.7 Å². The maximum atomic E-state index is 12.6. The molecule has 0 saturated heterocycles. The number of hydrogen-bond donors (Lipinski definition) is 0. The Hall–Kier alpha value is -4.47. The second-order valence-corrected chi connectivity index (χ2v) is 7.66. The van der Waals surface area contributed by atoms with Gasteiger partial charge in [0.2, 0.25) is 0 Å². The highest BCUT2D eigenvalue weighted by Crippen LogP contribution is 2.27. The Labute approximate surface area is 184 Å². The molecule has 0 aliphatic rings. The first-order valence-electron chi connectivity index (χ1n) is 10.1. The smallest absolute Gasteiger partial charge is 0.336 e. The first-order valence-corrected chi connectivity index (χ1v) is 10.1. The lowest BCUT2D eigenvalue weighted by molar-refractivity contribution is -0.145. The maximum Gasteiger partial charge on any atom is 0.336 e. The van der Waals surface area contributed by atoms with E-state index in [4.69, 9.17) is 9.15 Å². The van der Waals surface area contributed by atoms with Gasteiger partial charge in [0.1, 0.15) is 18.7 Å². The first kappa shape index (κ1) is 20.4. The molecule has 0 unspecified atom stereocenters. The van der Waals surface area contributed by atoms with E-state index in [-0.39, 0.29) is 24.3 Å². The number of rotatable bonds is 4. The predicted octanol–water partition coefficient (Wildman–Crippen LogP) is 1.44. The molecular weight excluding hydrogens is 428 g/mol. The van der Waals surface area contributed by atoms with E-state index in [0.717, 1.165) is 15.3 Å². The lowest BCUT2D eigenvalue weighted by atomic mass is 10.0. The van der Waals surface area contributed by atoms with E-state index in [1.54, 1.807) is 6.07 Å². The number of carbonyl (C=O) groups excluding carboxylic acids is 1. The molecule has 0 N–H and O–H groups in total. The van der Waals surface area contributed by atoms with E-state index < -0.39 is 22.8 Å². The van der Waals surface area contributed by atoms with Gasteiger partial charge >= 0.3 is 17.3 Å². The molecule has 5 rings (SSSR count). The first-order chi connectivity index (χ1) is 15.8. The molecule has 166 valence electrons. The molecule has 3 heterocycles. The van der Waals surface area contributed by atoms with Gasteiger partial charge in [-0.05, 0) is 16.8 Å². The molecule has 0 radical (unpaired) electrons. The van der Waals surface area contributed by atoms with Crippen molar-refractivity contribution in [2.75, 3.05) is 0 Å². The lowest BCUT2D eigenvalue weighted by Crippen LogP contribution is -2.37. The zero-order chi connectivity index (χ0) is 23.3. The van der Waals surface area contributed by atoms with Crippen LogP contribution in [0.2, 0.25) is 0 Å². The molecule has 0 fully saturated rings. The SMILES string of the molecule is Cn1c(=O)c2c(ncn2CC(=O)OCc2cc(=O)oc3ccc4ccccc4c23)n(C)c1=O. The standard InChI is InChI=1S/C23H18N4O6/c1-25-21-20(22(30)26(2)23(25)31)27(12-24-21)10-18(29)32-11-14-9-17(28)33-16-8-7-13-5-3-4-6-15(13)19(14)16/h3-9,12H,10-11H2,1-2H3. The van der Waals surface area contributed by atoms with Gasteiger partial charge in [-0.25, -0.2) is 14.6 Å². The molecule has 0 bridgehead atoms. The van der Waals surface area contributed by atoms with Gasteiger partial charge in [-0.15, -0.1) is 0 Å². The summed E-state index contributed by atoms with van der Waals surface area (Å²) in [5.41, 5.74) is -0.410. The fourth-order valence-electron chi connectivity index (χ4n) is 3.99. The van der Waals surface area contributed by atoms with Gasteiger partial charge in [-0.3, -0.25) is 18.7 Å². The van der Waals surface area contributed by atoms with Crippen molar-refractivity contribution in [2.45, 2.75) is 13.2 Å². The van der Waals surface area contributed by atoms with Crippen molar-refractivity contribution < 1.29 is 13.9 Å². The van der Waals surface area contributed by atoms with Crippen LogP contribution in [0.25, 0.3) is 32.9 Å². The Morgan fingerprint density at radius 1 is 1.06 bits per heavy atom. The van der Waals surface area contributed by atoms with Crippen LogP contribution in [-0.2, 0) is 36.8 Å². The van der Waals surface area contributed by atoms with Crippen LogP contribution in [0.15, 0.2) is 67.6 Å². The van der Waals surface area contributed by atoms with Crippen LogP contribution in [0.4, 0.5) is 0 Å². The van der Waals surface area contributed by atoms with E-state index in [0.29, 0.717) is 16.5 Å². The molecule has 2 aromatic carbocycles. The summed E-state index contributed by atoms with van der Waals surface area (Å²) in [5.74, 6) is -0.633. The minimum absolute atomic E-state index is 0.119. The lowest BCUT2D eigenvalue weighted by Gasteiger charge is -2.10. The molecule has 0 aliphatic carbocycles. The van der Waals surface area contributed by atoms with Crippen molar-refractivity contribution in [1.29, 1.82) is 0 Å². The topological polar surface area (TPSA) is 118 Å². The molecule has 0 atom stereocenters. The zero-order valence-corrected chi connectivity index (χ0v) is 17.8. The van der Waals surface area contributed by atoms with Gasteiger partial charge < -0.3 is 13.7 Å². The fourth-order valence-corrected chi connectivity index (χ4v) is 3.99. The van der Waals surface area contributed by atoms with Crippen LogP contribution >= 0.6 is 0 Å². The summed E-state index contributed by atoms with van der Waals surface area (Å²) in [6, 6.07) is 12.5. The van der Waals surface area contributed by atoms with Crippen LogP contribution in [0, 0.1) is 0 Å². The molecule has 5 aromatic rings. The summed E-state index contributed by atoms with van der Waals surface area (Å²) in [5, 5.41) is 2.52.